The first-order valence-electron chi connectivity index (χ1n) is 3.39. The zero-order valence-electron chi connectivity index (χ0n) is 7.16. The lowest BCUT2D eigenvalue weighted by molar-refractivity contribution is -0.138. The highest BCUT2D eigenvalue weighted by atomic mass is 32.2. The van der Waals surface area contributed by atoms with Crippen molar-refractivity contribution in [2.24, 2.45) is 0 Å². The normalized spacial score (nSPS) is 10.8. The van der Waals surface area contributed by atoms with Gasteiger partial charge in [-0.3, -0.25) is 0 Å². The van der Waals surface area contributed by atoms with Gasteiger partial charge in [0.2, 0.25) is 0 Å². The summed E-state index contributed by atoms with van der Waals surface area (Å²) in [4.78, 5) is 10.8. The fourth-order valence-electron chi connectivity index (χ4n) is 0.609. The van der Waals surface area contributed by atoms with Gasteiger partial charge >= 0.3 is 5.97 Å². The highest BCUT2D eigenvalue weighted by Gasteiger charge is 2.13. The molecule has 0 aromatic heterocycles. The van der Waals surface area contributed by atoms with E-state index >= 15 is 0 Å². The fraction of sp³-hybridized carbons (Fsp3) is 0.571. The van der Waals surface area contributed by atoms with Crippen molar-refractivity contribution < 1.29 is 17.9 Å². The Morgan fingerprint density at radius 1 is 1.50 bits per heavy atom. The van der Waals surface area contributed by atoms with Crippen LogP contribution in [-0.2, 0) is 19.4 Å². The van der Waals surface area contributed by atoms with E-state index in [2.05, 4.69) is 11.3 Å². The number of ether oxygens (including phenoxy) is 1. The maximum atomic E-state index is 10.8. The van der Waals surface area contributed by atoms with Gasteiger partial charge in [-0.2, -0.15) is 0 Å². The van der Waals surface area contributed by atoms with E-state index in [1.165, 1.54) is 0 Å². The molecule has 0 aromatic carbocycles. The van der Waals surface area contributed by atoms with E-state index in [1.807, 2.05) is 0 Å². The SMILES string of the molecule is C=C(CS(C)(=O)=O)C(=O)OCC. The average molecular weight is 192 g/mol. The molecule has 4 nitrogen and oxygen atoms in total. The Bertz CT molecular complexity index is 276. The lowest BCUT2D eigenvalue weighted by atomic mass is 10.4. The molecule has 0 spiro atoms. The van der Waals surface area contributed by atoms with Crippen LogP contribution in [0.4, 0.5) is 0 Å². The van der Waals surface area contributed by atoms with Crippen molar-refractivity contribution in [3.05, 3.63) is 12.2 Å². The van der Waals surface area contributed by atoms with Crippen LogP contribution in [0.2, 0.25) is 0 Å². The minimum Gasteiger partial charge on any atom is -0.463 e. The molecule has 0 bridgehead atoms. The quantitative estimate of drug-likeness (QED) is 0.470. The molecule has 0 heterocycles. The van der Waals surface area contributed by atoms with Crippen LogP contribution >= 0.6 is 0 Å². The molecule has 0 fully saturated rings. The maximum absolute atomic E-state index is 10.8. The van der Waals surface area contributed by atoms with E-state index in [0.29, 0.717) is 0 Å². The van der Waals surface area contributed by atoms with E-state index < -0.39 is 15.8 Å². The van der Waals surface area contributed by atoms with Gasteiger partial charge in [0.15, 0.2) is 9.84 Å². The molecule has 0 aliphatic heterocycles. The maximum Gasteiger partial charge on any atom is 0.334 e. The fourth-order valence-corrected chi connectivity index (χ4v) is 1.36. The van der Waals surface area contributed by atoms with Gasteiger partial charge in [0.25, 0.3) is 0 Å². The van der Waals surface area contributed by atoms with Gasteiger partial charge in [0.05, 0.1) is 12.4 Å². The summed E-state index contributed by atoms with van der Waals surface area (Å²) in [5, 5.41) is 0. The minimum absolute atomic E-state index is 0.0284. The number of carbonyl (C=O) groups is 1. The Hall–Kier alpha value is -0.840. The molecule has 0 aliphatic carbocycles. The number of hydrogen-bond donors (Lipinski definition) is 0. The Morgan fingerprint density at radius 3 is 2.33 bits per heavy atom. The molecule has 0 amide bonds. The first-order chi connectivity index (χ1) is 5.37. The molecule has 5 heteroatoms. The van der Waals surface area contributed by atoms with Crippen LogP contribution in [0.3, 0.4) is 0 Å². The Kier molecular flexibility index (Phi) is 3.95. The summed E-state index contributed by atoms with van der Waals surface area (Å²) in [6.07, 6.45) is 1.04. The monoisotopic (exact) mass is 192 g/mol. The van der Waals surface area contributed by atoms with Crippen molar-refractivity contribution in [2.75, 3.05) is 18.6 Å². The lowest BCUT2D eigenvalue weighted by Crippen LogP contribution is -2.15. The van der Waals surface area contributed by atoms with Crippen molar-refractivity contribution >= 4 is 15.8 Å². The van der Waals surface area contributed by atoms with Crippen molar-refractivity contribution in [3.8, 4) is 0 Å². The average Bonchev–Trinajstić information content (AvgIpc) is 1.84. The first kappa shape index (κ1) is 11.2. The highest BCUT2D eigenvalue weighted by Crippen LogP contribution is 1.98. The van der Waals surface area contributed by atoms with E-state index in [-0.39, 0.29) is 17.9 Å². The largest absolute Gasteiger partial charge is 0.463 e. The number of carbonyl (C=O) groups excluding carboxylic acids is 1. The van der Waals surface area contributed by atoms with E-state index in [9.17, 15) is 13.2 Å². The van der Waals surface area contributed by atoms with E-state index in [4.69, 9.17) is 0 Å². The number of rotatable bonds is 4. The second-order valence-electron chi connectivity index (χ2n) is 2.39. The molecule has 0 N–H and O–H groups in total. The predicted octanol–water partition coefficient (Wildman–Crippen LogP) is 0.150. The van der Waals surface area contributed by atoms with Gasteiger partial charge < -0.3 is 4.74 Å². The van der Waals surface area contributed by atoms with Crippen molar-refractivity contribution in [3.63, 3.8) is 0 Å². The molecule has 0 atom stereocenters. The third-order valence-electron chi connectivity index (χ3n) is 1.00. The molecule has 0 radical (unpaired) electrons. The van der Waals surface area contributed by atoms with E-state index in [0.717, 1.165) is 6.26 Å². The highest BCUT2D eigenvalue weighted by molar-refractivity contribution is 7.90. The van der Waals surface area contributed by atoms with Gasteiger partial charge in [-0.1, -0.05) is 6.58 Å². The van der Waals surface area contributed by atoms with Crippen LogP contribution in [0.15, 0.2) is 12.2 Å². The zero-order valence-corrected chi connectivity index (χ0v) is 7.98. The first-order valence-corrected chi connectivity index (χ1v) is 5.45. The molecule has 0 saturated carbocycles. The predicted molar refractivity (Wildman–Crippen MR) is 45.5 cm³/mol. The summed E-state index contributed by atoms with van der Waals surface area (Å²) in [5.41, 5.74) is -0.0284. The third kappa shape index (κ3) is 4.90. The molecular weight excluding hydrogens is 180 g/mol. The second kappa shape index (κ2) is 4.25. The lowest BCUT2D eigenvalue weighted by Gasteiger charge is -2.02. The van der Waals surface area contributed by atoms with Crippen LogP contribution < -0.4 is 0 Å². The van der Waals surface area contributed by atoms with Gasteiger partial charge in [-0.25, -0.2) is 13.2 Å². The summed E-state index contributed by atoms with van der Waals surface area (Å²) >= 11 is 0. The van der Waals surface area contributed by atoms with Crippen molar-refractivity contribution in [2.45, 2.75) is 6.92 Å². The standard InChI is InChI=1S/C7H12O4S/c1-4-11-7(8)6(2)5-12(3,9)10/h2,4-5H2,1,3H3. The number of sulfone groups is 1. The van der Waals surface area contributed by atoms with Gasteiger partial charge in [0, 0.05) is 11.8 Å². The second-order valence-corrected chi connectivity index (χ2v) is 4.53. The van der Waals surface area contributed by atoms with Crippen LogP contribution in [0, 0.1) is 0 Å². The van der Waals surface area contributed by atoms with Gasteiger partial charge in [-0.05, 0) is 6.92 Å². The van der Waals surface area contributed by atoms with Gasteiger partial charge in [0.1, 0.15) is 0 Å². The van der Waals surface area contributed by atoms with Crippen LogP contribution in [0.1, 0.15) is 6.92 Å². The summed E-state index contributed by atoms with van der Waals surface area (Å²) in [6, 6.07) is 0. The smallest absolute Gasteiger partial charge is 0.334 e. The molecular formula is C7H12O4S. The molecule has 70 valence electrons. The van der Waals surface area contributed by atoms with Crippen molar-refractivity contribution in [1.29, 1.82) is 0 Å². The van der Waals surface area contributed by atoms with Crippen LogP contribution in [-0.4, -0.2) is 33.0 Å². The Balaban J connectivity index is 4.15. The van der Waals surface area contributed by atoms with Crippen molar-refractivity contribution in [1.82, 2.24) is 0 Å². The summed E-state index contributed by atoms with van der Waals surface area (Å²) in [6.45, 7) is 5.17. The molecule has 0 saturated heterocycles. The topological polar surface area (TPSA) is 60.4 Å². The molecule has 0 aromatic rings. The number of hydrogen-bond acceptors (Lipinski definition) is 4. The van der Waals surface area contributed by atoms with Crippen LogP contribution in [0.5, 0.6) is 0 Å². The molecule has 12 heavy (non-hydrogen) atoms. The van der Waals surface area contributed by atoms with Gasteiger partial charge in [-0.15, -0.1) is 0 Å². The summed E-state index contributed by atoms with van der Waals surface area (Å²) in [7, 11) is -3.19. The Labute approximate surface area is 72.1 Å². The van der Waals surface area contributed by atoms with Crippen LogP contribution in [0.25, 0.3) is 0 Å². The minimum atomic E-state index is -3.19. The number of esters is 1. The summed E-state index contributed by atoms with van der Waals surface area (Å²) in [5.74, 6) is -0.992. The molecule has 0 unspecified atom stereocenters. The molecule has 0 aliphatic rings. The molecule has 0 rings (SSSR count). The zero-order chi connectivity index (χ0) is 9.78. The van der Waals surface area contributed by atoms with E-state index in [1.54, 1.807) is 6.92 Å². The Morgan fingerprint density at radius 2 is 2.00 bits per heavy atom. The third-order valence-corrected chi connectivity index (χ3v) is 1.87. The summed E-state index contributed by atoms with van der Waals surface area (Å²) < 4.78 is 25.9.